The number of benzene rings is 1. The number of hydrogen-bond donors (Lipinski definition) is 4. The summed E-state index contributed by atoms with van der Waals surface area (Å²) in [5.74, 6) is -4.74. The third-order valence-corrected chi connectivity index (χ3v) is 6.89. The van der Waals surface area contributed by atoms with Gasteiger partial charge < -0.3 is 30.5 Å². The number of Topliss-reactive ketones (excluding diaryl/α,β-unsaturated/α-hetero) is 1. The van der Waals surface area contributed by atoms with Crippen LogP contribution in [-0.2, 0) is 28.7 Å². The number of hydrogen-bond acceptors (Lipinski definition) is 8. The molecule has 0 radical (unpaired) electrons. The summed E-state index contributed by atoms with van der Waals surface area (Å²) in [6.07, 6.45) is -1.44. The van der Waals surface area contributed by atoms with Gasteiger partial charge in [-0.05, 0) is 52.0 Å². The number of carboxylic acids is 1. The van der Waals surface area contributed by atoms with E-state index in [1.54, 1.807) is 45.0 Å². The van der Waals surface area contributed by atoms with Gasteiger partial charge in [0.2, 0.25) is 11.8 Å². The molecule has 2 aliphatic rings. The molecule has 3 rings (SSSR count). The van der Waals surface area contributed by atoms with Gasteiger partial charge in [0, 0.05) is 31.0 Å². The van der Waals surface area contributed by atoms with E-state index in [0.29, 0.717) is 24.2 Å². The molecule has 4 atom stereocenters. The molecular weight excluding hydrogens is 548 g/mol. The van der Waals surface area contributed by atoms with Gasteiger partial charge in [0.05, 0.1) is 11.7 Å². The maximum Gasteiger partial charge on any atom is 0.414 e. The highest BCUT2D eigenvalue weighted by molar-refractivity contribution is 6.35. The highest BCUT2D eigenvalue weighted by Gasteiger charge is 2.37. The lowest BCUT2D eigenvalue weighted by atomic mass is 9.95. The number of carbonyl (C=O) groups excluding carboxylic acids is 5. The van der Waals surface area contributed by atoms with Crippen LogP contribution in [0.5, 0.6) is 0 Å². The van der Waals surface area contributed by atoms with Gasteiger partial charge in [0.15, 0.2) is 0 Å². The number of anilines is 1. The molecule has 1 fully saturated rings. The summed E-state index contributed by atoms with van der Waals surface area (Å²) in [6, 6.07) is 4.39. The smallest absolute Gasteiger partial charge is 0.414 e. The van der Waals surface area contributed by atoms with Crippen molar-refractivity contribution in [2.45, 2.75) is 84.1 Å². The van der Waals surface area contributed by atoms with Crippen LogP contribution >= 0.6 is 0 Å². The van der Waals surface area contributed by atoms with Gasteiger partial charge in [0.1, 0.15) is 17.7 Å². The van der Waals surface area contributed by atoms with Gasteiger partial charge in [0.25, 0.3) is 5.78 Å². The lowest BCUT2D eigenvalue weighted by Crippen LogP contribution is -2.54. The standard InChI is InChI=1S/C29H40N4O9/c1-16(2)14-20(25(36)31-19(23(34)26(37)38)15-17-10-12-30-24(17)35)32-27(39)41-22-11-13-33(28(40)42-29(3,4)5)21-9-7-6-8-18(21)22/h6-9,16-17,19-20,22H,10-15H2,1-5H3,(H,30,35)(H,31,36)(H,32,39)(H,37,38)/t17-,19-,20-,22?/m0/s1. The first-order valence-electron chi connectivity index (χ1n) is 14.1. The molecule has 4 N–H and O–H groups in total. The van der Waals surface area contributed by atoms with Crippen LogP contribution in [0.1, 0.15) is 72.0 Å². The third-order valence-electron chi connectivity index (χ3n) is 6.89. The molecule has 1 saturated heterocycles. The van der Waals surface area contributed by atoms with E-state index in [-0.39, 0.29) is 37.6 Å². The lowest BCUT2D eigenvalue weighted by Gasteiger charge is -2.35. The predicted molar refractivity (Wildman–Crippen MR) is 151 cm³/mol. The van der Waals surface area contributed by atoms with E-state index in [9.17, 15) is 33.9 Å². The quantitative estimate of drug-likeness (QED) is 0.299. The Morgan fingerprint density at radius 3 is 2.36 bits per heavy atom. The van der Waals surface area contributed by atoms with E-state index in [1.807, 2.05) is 13.8 Å². The fourth-order valence-electron chi connectivity index (χ4n) is 4.97. The molecule has 0 spiro atoms. The molecule has 2 heterocycles. The summed E-state index contributed by atoms with van der Waals surface area (Å²) < 4.78 is 11.2. The number of amides is 4. The normalized spacial score (nSPS) is 19.7. The Bertz CT molecular complexity index is 1210. The van der Waals surface area contributed by atoms with Crippen LogP contribution in [0.4, 0.5) is 15.3 Å². The largest absolute Gasteiger partial charge is 0.475 e. The topological polar surface area (TPSA) is 180 Å². The van der Waals surface area contributed by atoms with Gasteiger partial charge in [-0.3, -0.25) is 19.3 Å². The minimum absolute atomic E-state index is 0.0620. The second kappa shape index (κ2) is 13.7. The SMILES string of the molecule is CC(C)C[C@H](NC(=O)OC1CCN(C(=O)OC(C)(C)C)c2ccccc21)C(=O)N[C@@H](C[C@@H]1CCNC1=O)C(=O)C(=O)O. The first-order valence-corrected chi connectivity index (χ1v) is 14.1. The first kappa shape index (κ1) is 32.4. The maximum atomic E-state index is 13.2. The average Bonchev–Trinajstić information content (AvgIpc) is 3.30. The minimum Gasteiger partial charge on any atom is -0.475 e. The number of ether oxygens (including phenoxy) is 2. The maximum absolute atomic E-state index is 13.2. The Morgan fingerprint density at radius 1 is 1.07 bits per heavy atom. The fraction of sp³-hybridized carbons (Fsp3) is 0.586. The Labute approximate surface area is 244 Å². The van der Waals surface area contributed by atoms with Crippen LogP contribution in [0.3, 0.4) is 0 Å². The first-order chi connectivity index (χ1) is 19.7. The number of fused-ring (bicyclic) bond motifs is 1. The lowest BCUT2D eigenvalue weighted by molar-refractivity contribution is -0.151. The minimum atomic E-state index is -1.73. The van der Waals surface area contributed by atoms with Gasteiger partial charge in [-0.15, -0.1) is 0 Å². The highest BCUT2D eigenvalue weighted by Crippen LogP contribution is 2.36. The number of ketones is 1. The predicted octanol–water partition coefficient (Wildman–Crippen LogP) is 2.68. The zero-order chi connectivity index (χ0) is 31.2. The fourth-order valence-corrected chi connectivity index (χ4v) is 4.97. The van der Waals surface area contributed by atoms with Crippen LogP contribution in [0.15, 0.2) is 24.3 Å². The highest BCUT2D eigenvalue weighted by atomic mass is 16.6. The number of nitrogens with zero attached hydrogens (tertiary/aromatic N) is 1. The Kier molecular flexibility index (Phi) is 10.5. The van der Waals surface area contributed by atoms with Crippen molar-refractivity contribution in [3.63, 3.8) is 0 Å². The summed E-state index contributed by atoms with van der Waals surface area (Å²) in [4.78, 5) is 76.4. The van der Waals surface area contributed by atoms with E-state index in [0.717, 1.165) is 0 Å². The van der Waals surface area contributed by atoms with Crippen molar-refractivity contribution >= 4 is 41.4 Å². The molecule has 4 amide bonds. The van der Waals surface area contributed by atoms with Gasteiger partial charge in [-0.25, -0.2) is 14.4 Å². The molecule has 13 heteroatoms. The molecule has 13 nitrogen and oxygen atoms in total. The molecule has 230 valence electrons. The summed E-state index contributed by atoms with van der Waals surface area (Å²) in [5, 5.41) is 16.9. The van der Waals surface area contributed by atoms with Crippen molar-refractivity contribution in [1.82, 2.24) is 16.0 Å². The molecule has 1 aromatic rings. The van der Waals surface area contributed by atoms with Gasteiger partial charge in [-0.2, -0.15) is 0 Å². The van der Waals surface area contributed by atoms with Crippen molar-refractivity contribution in [3.05, 3.63) is 29.8 Å². The molecule has 2 aliphatic heterocycles. The monoisotopic (exact) mass is 588 g/mol. The van der Waals surface area contributed by atoms with E-state index in [2.05, 4.69) is 16.0 Å². The summed E-state index contributed by atoms with van der Waals surface area (Å²) in [5.41, 5.74) is 0.443. The molecule has 42 heavy (non-hydrogen) atoms. The average molecular weight is 589 g/mol. The van der Waals surface area contributed by atoms with Crippen LogP contribution < -0.4 is 20.9 Å². The number of para-hydroxylation sites is 1. The van der Waals surface area contributed by atoms with Crippen molar-refractivity contribution in [2.24, 2.45) is 11.8 Å². The zero-order valence-corrected chi connectivity index (χ0v) is 24.6. The van der Waals surface area contributed by atoms with Crippen LogP contribution in [0.2, 0.25) is 0 Å². The van der Waals surface area contributed by atoms with Crippen LogP contribution in [0.25, 0.3) is 0 Å². The van der Waals surface area contributed by atoms with Gasteiger partial charge >= 0.3 is 18.2 Å². The molecular formula is C29H40N4O9. The van der Waals surface area contributed by atoms with Crippen LogP contribution in [-0.4, -0.2) is 71.6 Å². The van der Waals surface area contributed by atoms with Crippen molar-refractivity contribution in [3.8, 4) is 0 Å². The number of alkyl carbamates (subject to hydrolysis) is 1. The summed E-state index contributed by atoms with van der Waals surface area (Å²) >= 11 is 0. The number of nitrogens with one attached hydrogen (secondary N) is 3. The Morgan fingerprint density at radius 2 is 1.76 bits per heavy atom. The second-order valence-corrected chi connectivity index (χ2v) is 11.9. The van der Waals surface area contributed by atoms with E-state index in [1.165, 1.54) is 4.90 Å². The number of carbonyl (C=O) groups is 6. The number of aliphatic carboxylic acids is 1. The summed E-state index contributed by atoms with van der Waals surface area (Å²) in [7, 11) is 0. The number of carboxylic acid groups (broad SMARTS) is 1. The molecule has 0 aliphatic carbocycles. The second-order valence-electron chi connectivity index (χ2n) is 11.9. The Hall–Kier alpha value is -4.16. The molecule has 0 bridgehead atoms. The van der Waals surface area contributed by atoms with E-state index >= 15 is 0 Å². The molecule has 1 unspecified atom stereocenters. The van der Waals surface area contributed by atoms with E-state index < -0.39 is 59.6 Å². The van der Waals surface area contributed by atoms with Crippen molar-refractivity contribution < 1.29 is 43.3 Å². The number of rotatable bonds is 10. The molecule has 0 saturated carbocycles. The molecule has 0 aromatic heterocycles. The van der Waals surface area contributed by atoms with E-state index in [4.69, 9.17) is 9.47 Å². The molecule has 1 aromatic carbocycles. The van der Waals surface area contributed by atoms with Gasteiger partial charge in [-0.1, -0.05) is 32.0 Å². The van der Waals surface area contributed by atoms with Crippen molar-refractivity contribution in [2.75, 3.05) is 18.0 Å². The summed E-state index contributed by atoms with van der Waals surface area (Å²) in [6.45, 7) is 9.60. The van der Waals surface area contributed by atoms with Crippen molar-refractivity contribution in [1.29, 1.82) is 0 Å². The Balaban J connectivity index is 1.72. The third kappa shape index (κ3) is 8.67. The zero-order valence-electron chi connectivity index (χ0n) is 24.6. The van der Waals surface area contributed by atoms with Crippen LogP contribution in [0, 0.1) is 11.8 Å².